The van der Waals surface area contributed by atoms with Crippen LogP contribution >= 0.6 is 0 Å². The maximum atomic E-state index is 12.5. The number of benzene rings is 1. The molecule has 28 heavy (non-hydrogen) atoms. The molecule has 0 aliphatic carbocycles. The third-order valence-corrected chi connectivity index (χ3v) is 4.58. The average molecular weight is 410 g/mol. The van der Waals surface area contributed by atoms with Crippen LogP contribution in [0.2, 0.25) is 0 Å². The summed E-state index contributed by atoms with van der Waals surface area (Å²) in [6.45, 7) is 6.16. The number of ether oxygens (including phenoxy) is 2. The Bertz CT molecular complexity index is 858. The molecule has 1 unspecified atom stereocenters. The molecule has 0 bridgehead atoms. The molecule has 1 atom stereocenters. The third kappa shape index (κ3) is 6.28. The van der Waals surface area contributed by atoms with Crippen LogP contribution < -0.4 is 14.6 Å². The van der Waals surface area contributed by atoms with Crippen LogP contribution in [0, 0.1) is 11.3 Å². The predicted molar refractivity (Wildman–Crippen MR) is 104 cm³/mol. The highest BCUT2D eigenvalue weighted by Gasteiger charge is 2.31. The highest BCUT2D eigenvalue weighted by molar-refractivity contribution is 7.90. The maximum absolute atomic E-state index is 12.5. The lowest BCUT2D eigenvalue weighted by Crippen LogP contribution is -2.48. The number of likely N-dealkylation sites (tertiary alicyclic amines) is 1. The van der Waals surface area contributed by atoms with Crippen molar-refractivity contribution in [3.05, 3.63) is 23.8 Å². The van der Waals surface area contributed by atoms with Gasteiger partial charge in [-0.15, -0.1) is 0 Å². The van der Waals surface area contributed by atoms with Crippen molar-refractivity contribution in [2.75, 3.05) is 17.9 Å². The Morgan fingerprint density at radius 3 is 2.71 bits per heavy atom. The van der Waals surface area contributed by atoms with E-state index in [9.17, 15) is 18.5 Å². The number of nitrogens with one attached hydrogen (secondary N) is 1. The lowest BCUT2D eigenvalue weighted by Gasteiger charge is -2.36. The van der Waals surface area contributed by atoms with Gasteiger partial charge in [0.1, 0.15) is 29.6 Å². The first-order valence-electron chi connectivity index (χ1n) is 8.96. The molecule has 1 amide bonds. The van der Waals surface area contributed by atoms with Gasteiger partial charge in [-0.05, 0) is 52.2 Å². The normalized spacial score (nSPS) is 17.5. The van der Waals surface area contributed by atoms with E-state index < -0.39 is 21.9 Å². The highest BCUT2D eigenvalue weighted by atomic mass is 32.2. The minimum absolute atomic E-state index is 0.0242. The van der Waals surface area contributed by atoms with E-state index in [-0.39, 0.29) is 29.6 Å². The summed E-state index contributed by atoms with van der Waals surface area (Å²) < 4.78 is 35.9. The molecule has 1 aromatic rings. The third-order valence-electron chi connectivity index (χ3n) is 4.08. The van der Waals surface area contributed by atoms with Crippen LogP contribution in [-0.2, 0) is 14.9 Å². The Morgan fingerprint density at radius 2 is 2.11 bits per heavy atom. The van der Waals surface area contributed by atoms with Gasteiger partial charge in [0.05, 0.1) is 11.7 Å². The summed E-state index contributed by atoms with van der Waals surface area (Å²) in [5.74, 6) is 0.214. The number of hydrogen-bond donors (Lipinski definition) is 2. The number of carbonyl (C=O) groups excluding carboxylic acids is 1. The van der Waals surface area contributed by atoms with Crippen molar-refractivity contribution in [2.45, 2.75) is 51.7 Å². The minimum atomic E-state index is -4.03. The molecule has 2 rings (SSSR count). The van der Waals surface area contributed by atoms with Crippen molar-refractivity contribution in [3.8, 4) is 11.8 Å². The Balaban J connectivity index is 2.14. The number of nitriles is 1. The van der Waals surface area contributed by atoms with Gasteiger partial charge >= 0.3 is 6.09 Å². The van der Waals surface area contributed by atoms with Crippen LogP contribution in [-0.4, -0.2) is 44.2 Å². The summed E-state index contributed by atoms with van der Waals surface area (Å²) in [7, 11) is -4.03. The van der Waals surface area contributed by atoms with Gasteiger partial charge in [0, 0.05) is 6.54 Å². The standard InChI is InChI=1S/C18H26N4O5S/c1-18(2,3)27-17(23)22-10-5-4-7-13(22)12-26-16-9-6-8-15(14(16)11-19)21-28(20,24)25/h6,8-9,13,21H,4-5,7,10,12H2,1-3H3,(H2,20,24,25). The molecular weight excluding hydrogens is 384 g/mol. The lowest BCUT2D eigenvalue weighted by atomic mass is 10.0. The summed E-state index contributed by atoms with van der Waals surface area (Å²) in [4.78, 5) is 14.1. The van der Waals surface area contributed by atoms with Crippen molar-refractivity contribution in [2.24, 2.45) is 5.14 Å². The molecule has 0 spiro atoms. The Kier molecular flexibility index (Phi) is 6.74. The fourth-order valence-corrected chi connectivity index (χ4v) is 3.40. The highest BCUT2D eigenvalue weighted by Crippen LogP contribution is 2.28. The predicted octanol–water partition coefficient (Wildman–Crippen LogP) is 2.34. The second kappa shape index (κ2) is 8.67. The average Bonchev–Trinajstić information content (AvgIpc) is 2.57. The number of piperidine rings is 1. The first kappa shape index (κ1) is 21.8. The van der Waals surface area contributed by atoms with Crippen molar-refractivity contribution in [1.29, 1.82) is 5.26 Å². The summed E-state index contributed by atoms with van der Waals surface area (Å²) in [6, 6.07) is 6.26. The molecule has 0 aromatic heterocycles. The minimum Gasteiger partial charge on any atom is -0.490 e. The molecule has 9 nitrogen and oxygen atoms in total. The zero-order valence-corrected chi connectivity index (χ0v) is 17.1. The second-order valence-electron chi connectivity index (χ2n) is 7.57. The SMILES string of the molecule is CC(C)(C)OC(=O)N1CCCCC1COc1cccc(NS(N)(=O)=O)c1C#N. The first-order chi connectivity index (χ1) is 13.0. The smallest absolute Gasteiger partial charge is 0.410 e. The van der Waals surface area contributed by atoms with Gasteiger partial charge in [0.2, 0.25) is 0 Å². The van der Waals surface area contributed by atoms with Crippen molar-refractivity contribution < 1.29 is 22.7 Å². The van der Waals surface area contributed by atoms with Crippen molar-refractivity contribution in [1.82, 2.24) is 4.90 Å². The number of nitrogens with two attached hydrogens (primary N) is 1. The molecule has 1 saturated heterocycles. The Labute approximate surface area is 165 Å². The first-order valence-corrected chi connectivity index (χ1v) is 10.5. The largest absolute Gasteiger partial charge is 0.490 e. The van der Waals surface area contributed by atoms with Crippen LogP contribution in [0.4, 0.5) is 10.5 Å². The fraction of sp³-hybridized carbons (Fsp3) is 0.556. The quantitative estimate of drug-likeness (QED) is 0.765. The Hall–Kier alpha value is -2.51. The van der Waals surface area contributed by atoms with Crippen LogP contribution in [0.25, 0.3) is 0 Å². The van der Waals surface area contributed by atoms with Gasteiger partial charge in [-0.25, -0.2) is 9.93 Å². The van der Waals surface area contributed by atoms with E-state index in [0.29, 0.717) is 6.54 Å². The molecule has 0 saturated carbocycles. The van der Waals surface area contributed by atoms with E-state index in [1.165, 1.54) is 6.07 Å². The summed E-state index contributed by atoms with van der Waals surface area (Å²) in [5, 5.41) is 14.4. The number of nitrogens with zero attached hydrogens (tertiary/aromatic N) is 2. The van der Waals surface area contributed by atoms with E-state index in [1.807, 2.05) is 26.8 Å². The van der Waals surface area contributed by atoms with Crippen LogP contribution in [0.3, 0.4) is 0 Å². The molecule has 3 N–H and O–H groups in total. The van der Waals surface area contributed by atoms with E-state index in [0.717, 1.165) is 19.3 Å². The van der Waals surface area contributed by atoms with Crippen LogP contribution in [0.5, 0.6) is 5.75 Å². The number of hydrogen-bond acceptors (Lipinski definition) is 6. The van der Waals surface area contributed by atoms with Gasteiger partial charge in [-0.1, -0.05) is 6.07 Å². The van der Waals surface area contributed by atoms with E-state index in [1.54, 1.807) is 17.0 Å². The van der Waals surface area contributed by atoms with E-state index >= 15 is 0 Å². The topological polar surface area (TPSA) is 135 Å². The number of anilines is 1. The molecule has 1 aliphatic heterocycles. The number of carbonyl (C=O) groups is 1. The van der Waals surface area contributed by atoms with Gasteiger partial charge in [0.25, 0.3) is 10.2 Å². The second-order valence-corrected chi connectivity index (χ2v) is 8.87. The lowest BCUT2D eigenvalue weighted by molar-refractivity contribution is 0.00359. The zero-order chi connectivity index (χ0) is 20.9. The molecule has 0 radical (unpaired) electrons. The van der Waals surface area contributed by atoms with Crippen LogP contribution in [0.15, 0.2) is 18.2 Å². The van der Waals surface area contributed by atoms with Crippen molar-refractivity contribution in [3.63, 3.8) is 0 Å². The van der Waals surface area contributed by atoms with Crippen molar-refractivity contribution >= 4 is 22.0 Å². The molecular formula is C18H26N4O5S. The van der Waals surface area contributed by atoms with Gasteiger partial charge in [-0.3, -0.25) is 4.72 Å². The van der Waals surface area contributed by atoms with Gasteiger partial charge in [0.15, 0.2) is 0 Å². The summed E-state index contributed by atoms with van der Waals surface area (Å²) in [6.07, 6.45) is 2.18. The van der Waals surface area contributed by atoms with Gasteiger partial charge < -0.3 is 14.4 Å². The number of amides is 1. The van der Waals surface area contributed by atoms with E-state index in [4.69, 9.17) is 14.6 Å². The molecule has 1 heterocycles. The monoisotopic (exact) mass is 410 g/mol. The number of rotatable bonds is 5. The van der Waals surface area contributed by atoms with E-state index in [2.05, 4.69) is 4.72 Å². The van der Waals surface area contributed by atoms with Gasteiger partial charge in [-0.2, -0.15) is 13.7 Å². The Morgan fingerprint density at radius 1 is 1.39 bits per heavy atom. The molecule has 154 valence electrons. The summed E-state index contributed by atoms with van der Waals surface area (Å²) in [5.41, 5.74) is -0.534. The molecule has 10 heteroatoms. The maximum Gasteiger partial charge on any atom is 0.410 e. The fourth-order valence-electron chi connectivity index (χ4n) is 2.93. The molecule has 1 aliphatic rings. The van der Waals surface area contributed by atoms with Crippen LogP contribution in [0.1, 0.15) is 45.6 Å². The summed E-state index contributed by atoms with van der Waals surface area (Å²) >= 11 is 0. The zero-order valence-electron chi connectivity index (χ0n) is 16.3. The molecule has 1 fully saturated rings. The molecule has 1 aromatic carbocycles.